The summed E-state index contributed by atoms with van der Waals surface area (Å²) in [6, 6.07) is 15.1. The molecule has 140 valence electrons. The van der Waals surface area contributed by atoms with E-state index in [4.69, 9.17) is 20.6 Å². The second kappa shape index (κ2) is 10.3. The Balaban J connectivity index is 2.35. The Labute approximate surface area is 168 Å². The van der Waals surface area contributed by atoms with E-state index < -0.39 is 13.4 Å². The van der Waals surface area contributed by atoms with Crippen LogP contribution in [0.2, 0.25) is 5.02 Å². The summed E-state index contributed by atoms with van der Waals surface area (Å²) in [5.74, 6) is -0.653. The maximum Gasteiger partial charge on any atom is 0.356 e. The van der Waals surface area contributed by atoms with Crippen molar-refractivity contribution in [2.45, 2.75) is 19.6 Å². The van der Waals surface area contributed by atoms with Crippen molar-refractivity contribution in [1.82, 2.24) is 0 Å². The number of hydrogen-bond acceptors (Lipinski definition) is 4. The lowest BCUT2D eigenvalue weighted by molar-refractivity contribution is 0.217. The zero-order valence-electron chi connectivity index (χ0n) is 14.7. The quantitative estimate of drug-likeness (QED) is 0.419. The molecule has 0 saturated heterocycles. The van der Waals surface area contributed by atoms with Crippen LogP contribution in [0, 0.1) is 0 Å². The lowest BCUT2D eigenvalue weighted by Gasteiger charge is -2.25. The minimum Gasteiger partial charge on any atom is -0.368 e. The van der Waals surface area contributed by atoms with E-state index in [0.717, 1.165) is 15.7 Å². The summed E-state index contributed by atoms with van der Waals surface area (Å²) < 4.78 is 25.3. The largest absolute Gasteiger partial charge is 0.368 e. The van der Waals surface area contributed by atoms with Gasteiger partial charge in [0.05, 0.1) is 13.2 Å². The van der Waals surface area contributed by atoms with Crippen LogP contribution in [-0.4, -0.2) is 19.0 Å². The van der Waals surface area contributed by atoms with Crippen LogP contribution >= 0.6 is 35.1 Å². The molecule has 0 bridgehead atoms. The molecule has 2 aromatic carbocycles. The number of halogens is 2. The van der Waals surface area contributed by atoms with Crippen LogP contribution in [0.15, 0.2) is 59.1 Å². The van der Waals surface area contributed by atoms with E-state index in [1.54, 1.807) is 19.9 Å². The first-order chi connectivity index (χ1) is 12.5. The molecule has 0 radical (unpaired) electrons. The van der Waals surface area contributed by atoms with E-state index in [0.29, 0.717) is 5.02 Å². The predicted octanol–water partition coefficient (Wildman–Crippen LogP) is 6.82. The average molecular weight is 459 g/mol. The maximum absolute atomic E-state index is 13.3. The van der Waals surface area contributed by atoms with Gasteiger partial charge in [0, 0.05) is 15.2 Å². The second-order valence-corrected chi connectivity index (χ2v) is 8.83. The molecule has 0 spiro atoms. The standard InChI is InChI=1S/C19H22BrClNO3P/c1-3-24-26(23,25-4-2)19(22-17-12-10-16(20)11-13-17)14-9-15-7-5-6-8-18(15)21/h5-14,19,22H,3-4H2,1-2H3/b14-9+. The molecule has 0 fully saturated rings. The van der Waals surface area contributed by atoms with Crippen molar-refractivity contribution in [1.29, 1.82) is 0 Å². The average Bonchev–Trinajstić information content (AvgIpc) is 2.62. The highest BCUT2D eigenvalue weighted by molar-refractivity contribution is 9.10. The molecule has 0 aromatic heterocycles. The molecule has 1 N–H and O–H groups in total. The Morgan fingerprint density at radius 3 is 2.31 bits per heavy atom. The second-order valence-electron chi connectivity index (χ2n) is 5.35. The fourth-order valence-electron chi connectivity index (χ4n) is 2.31. The van der Waals surface area contributed by atoms with Crippen LogP contribution < -0.4 is 5.32 Å². The first-order valence-electron chi connectivity index (χ1n) is 8.32. The molecular formula is C19H22BrClNO3P. The molecule has 7 heteroatoms. The van der Waals surface area contributed by atoms with Gasteiger partial charge in [-0.25, -0.2) is 0 Å². The minimum absolute atomic E-state index is 0.287. The van der Waals surface area contributed by atoms with Gasteiger partial charge in [0.25, 0.3) is 0 Å². The smallest absolute Gasteiger partial charge is 0.356 e. The van der Waals surface area contributed by atoms with Crippen LogP contribution in [0.5, 0.6) is 0 Å². The Kier molecular flexibility index (Phi) is 8.39. The molecule has 2 aromatic rings. The first-order valence-corrected chi connectivity index (χ1v) is 11.1. The van der Waals surface area contributed by atoms with Crippen molar-refractivity contribution in [3.05, 3.63) is 69.7 Å². The molecule has 0 amide bonds. The Bertz CT molecular complexity index is 773. The molecule has 0 saturated carbocycles. The van der Waals surface area contributed by atoms with Gasteiger partial charge in [0.2, 0.25) is 0 Å². The summed E-state index contributed by atoms with van der Waals surface area (Å²) in [7, 11) is -3.41. The van der Waals surface area contributed by atoms with Crippen molar-refractivity contribution in [3.8, 4) is 0 Å². The van der Waals surface area contributed by atoms with Gasteiger partial charge < -0.3 is 14.4 Å². The molecule has 0 aliphatic rings. The lowest BCUT2D eigenvalue weighted by Crippen LogP contribution is -2.20. The van der Waals surface area contributed by atoms with Crippen molar-refractivity contribution < 1.29 is 13.6 Å². The molecular weight excluding hydrogens is 437 g/mol. The SMILES string of the molecule is CCOP(=O)(OCC)C(/C=C/c1ccccc1Cl)Nc1ccc(Br)cc1. The molecule has 1 atom stereocenters. The van der Waals surface area contributed by atoms with E-state index >= 15 is 0 Å². The van der Waals surface area contributed by atoms with Crippen LogP contribution in [0.4, 0.5) is 5.69 Å². The van der Waals surface area contributed by atoms with Gasteiger partial charge >= 0.3 is 7.60 Å². The summed E-state index contributed by atoms with van der Waals surface area (Å²) in [5.41, 5.74) is 1.64. The summed E-state index contributed by atoms with van der Waals surface area (Å²) in [5, 5.41) is 3.86. The zero-order valence-corrected chi connectivity index (χ0v) is 17.9. The summed E-state index contributed by atoms with van der Waals surface area (Å²) >= 11 is 9.62. The van der Waals surface area contributed by atoms with Gasteiger partial charge in [-0.15, -0.1) is 0 Å². The molecule has 0 heterocycles. The number of rotatable bonds is 9. The summed E-state index contributed by atoms with van der Waals surface area (Å²) in [4.78, 5) is 0. The van der Waals surface area contributed by atoms with Crippen molar-refractivity contribution >= 4 is 46.9 Å². The minimum atomic E-state index is -3.41. The molecule has 1 unspecified atom stereocenters. The van der Waals surface area contributed by atoms with Crippen molar-refractivity contribution in [3.63, 3.8) is 0 Å². The molecule has 2 rings (SSSR count). The number of nitrogens with one attached hydrogen (secondary N) is 1. The van der Waals surface area contributed by atoms with Crippen molar-refractivity contribution in [2.24, 2.45) is 0 Å². The van der Waals surface area contributed by atoms with Gasteiger partial charge in [-0.1, -0.05) is 51.8 Å². The normalized spacial score (nSPS) is 13.1. The van der Waals surface area contributed by atoms with Gasteiger partial charge in [0.15, 0.2) is 0 Å². The van der Waals surface area contributed by atoms with E-state index in [9.17, 15) is 4.57 Å². The molecule has 0 aliphatic carbocycles. The van der Waals surface area contributed by atoms with E-state index in [2.05, 4.69) is 21.2 Å². The van der Waals surface area contributed by atoms with Crippen LogP contribution in [0.25, 0.3) is 6.08 Å². The third-order valence-corrected chi connectivity index (χ3v) is 6.57. The third kappa shape index (κ3) is 5.97. The number of hydrogen-bond donors (Lipinski definition) is 1. The number of anilines is 1. The predicted molar refractivity (Wildman–Crippen MR) is 113 cm³/mol. The zero-order chi connectivity index (χ0) is 19.0. The van der Waals surface area contributed by atoms with Gasteiger partial charge in [-0.3, -0.25) is 4.57 Å². The van der Waals surface area contributed by atoms with Crippen LogP contribution in [0.3, 0.4) is 0 Å². The van der Waals surface area contributed by atoms with E-state index in [1.165, 1.54) is 0 Å². The van der Waals surface area contributed by atoms with Gasteiger partial charge in [-0.2, -0.15) is 0 Å². The topological polar surface area (TPSA) is 47.6 Å². The van der Waals surface area contributed by atoms with E-state index in [1.807, 2.05) is 54.6 Å². The fourth-order valence-corrected chi connectivity index (χ4v) is 4.49. The van der Waals surface area contributed by atoms with Crippen LogP contribution in [-0.2, 0) is 13.6 Å². The van der Waals surface area contributed by atoms with Gasteiger partial charge in [-0.05, 0) is 55.8 Å². The summed E-state index contributed by atoms with van der Waals surface area (Å²) in [6.07, 6.45) is 3.60. The molecule has 26 heavy (non-hydrogen) atoms. The highest BCUT2D eigenvalue weighted by Gasteiger charge is 2.33. The monoisotopic (exact) mass is 457 g/mol. The van der Waals surface area contributed by atoms with Crippen molar-refractivity contribution in [2.75, 3.05) is 18.5 Å². The maximum atomic E-state index is 13.3. The van der Waals surface area contributed by atoms with Crippen LogP contribution in [0.1, 0.15) is 19.4 Å². The Morgan fingerprint density at radius 1 is 1.12 bits per heavy atom. The van der Waals surface area contributed by atoms with E-state index in [-0.39, 0.29) is 13.2 Å². The summed E-state index contributed by atoms with van der Waals surface area (Å²) in [6.45, 7) is 4.16. The molecule has 0 aliphatic heterocycles. The lowest BCUT2D eigenvalue weighted by atomic mass is 10.2. The number of benzene rings is 2. The molecule has 4 nitrogen and oxygen atoms in total. The Morgan fingerprint density at radius 2 is 1.73 bits per heavy atom. The Hall–Kier alpha value is -1.10. The van der Waals surface area contributed by atoms with Gasteiger partial charge in [0.1, 0.15) is 5.78 Å². The highest BCUT2D eigenvalue weighted by Crippen LogP contribution is 2.53. The third-order valence-electron chi connectivity index (χ3n) is 3.48. The highest BCUT2D eigenvalue weighted by atomic mass is 79.9. The fraction of sp³-hybridized carbons (Fsp3) is 0.263. The first kappa shape index (κ1) is 21.2.